The first-order valence-corrected chi connectivity index (χ1v) is 5.74. The van der Waals surface area contributed by atoms with Crippen LogP contribution in [0.4, 0.5) is 17.6 Å². The smallest absolute Gasteiger partial charge is 0.220 e. The van der Waals surface area contributed by atoms with E-state index in [1.54, 1.807) is 0 Å². The highest BCUT2D eigenvalue weighted by Gasteiger charge is 2.11. The second kappa shape index (κ2) is 6.07. The van der Waals surface area contributed by atoms with Gasteiger partial charge in [-0.05, 0) is 0 Å². The van der Waals surface area contributed by atoms with Gasteiger partial charge in [-0.3, -0.25) is 0 Å². The molecule has 2 aromatic rings. The van der Waals surface area contributed by atoms with Crippen molar-refractivity contribution < 1.29 is 10.2 Å². The van der Waals surface area contributed by atoms with Crippen LogP contribution in [0.3, 0.4) is 0 Å². The SMILES string of the molecule is Nc1ncc2c(NCCO)nnc(NCCO)c2n1. The number of nitrogens with zero attached hydrogens (tertiary/aromatic N) is 4. The molecule has 2 heterocycles. The molecule has 0 unspecified atom stereocenters. The molecule has 2 rings (SSSR count). The summed E-state index contributed by atoms with van der Waals surface area (Å²) in [5, 5.41) is 32.1. The van der Waals surface area contributed by atoms with Gasteiger partial charge in [-0.25, -0.2) is 9.97 Å². The van der Waals surface area contributed by atoms with E-state index in [0.717, 1.165) is 0 Å². The Morgan fingerprint density at radius 3 is 2.37 bits per heavy atom. The first-order chi connectivity index (χ1) is 9.26. The zero-order valence-electron chi connectivity index (χ0n) is 10.2. The minimum absolute atomic E-state index is 0.0243. The summed E-state index contributed by atoms with van der Waals surface area (Å²) in [6.07, 6.45) is 1.54. The molecule has 0 amide bonds. The summed E-state index contributed by atoms with van der Waals surface area (Å²) in [5.41, 5.74) is 6.07. The lowest BCUT2D eigenvalue weighted by Crippen LogP contribution is -2.12. The fourth-order valence-electron chi connectivity index (χ4n) is 1.55. The van der Waals surface area contributed by atoms with E-state index in [1.807, 2.05) is 0 Å². The Morgan fingerprint density at radius 1 is 1.05 bits per heavy atom. The summed E-state index contributed by atoms with van der Waals surface area (Å²) in [6, 6.07) is 0. The number of rotatable bonds is 6. The predicted octanol–water partition coefficient (Wildman–Crippen LogP) is -1.19. The van der Waals surface area contributed by atoms with Gasteiger partial charge in [-0.1, -0.05) is 0 Å². The molecule has 0 atom stereocenters. The van der Waals surface area contributed by atoms with Gasteiger partial charge in [0.15, 0.2) is 11.6 Å². The number of anilines is 3. The van der Waals surface area contributed by atoms with Crippen LogP contribution in [-0.2, 0) is 0 Å². The summed E-state index contributed by atoms with van der Waals surface area (Å²) in [7, 11) is 0. The normalized spacial score (nSPS) is 10.6. The quantitative estimate of drug-likeness (QED) is 0.435. The van der Waals surface area contributed by atoms with Crippen LogP contribution in [0.5, 0.6) is 0 Å². The van der Waals surface area contributed by atoms with E-state index in [9.17, 15) is 0 Å². The van der Waals surface area contributed by atoms with E-state index >= 15 is 0 Å². The van der Waals surface area contributed by atoms with Crippen molar-refractivity contribution in [1.82, 2.24) is 20.2 Å². The van der Waals surface area contributed by atoms with E-state index in [1.165, 1.54) is 6.20 Å². The molecule has 9 heteroatoms. The number of aliphatic hydroxyl groups excluding tert-OH is 2. The third kappa shape index (κ3) is 2.95. The summed E-state index contributed by atoms with van der Waals surface area (Å²) in [4.78, 5) is 8.03. The molecule has 2 aromatic heterocycles. The number of nitrogens with two attached hydrogens (primary N) is 1. The first kappa shape index (κ1) is 13.2. The molecular formula is C10H15N7O2. The zero-order valence-corrected chi connectivity index (χ0v) is 10.2. The van der Waals surface area contributed by atoms with Gasteiger partial charge in [0, 0.05) is 19.3 Å². The highest BCUT2D eigenvalue weighted by Crippen LogP contribution is 2.23. The van der Waals surface area contributed by atoms with Crippen molar-refractivity contribution in [3.63, 3.8) is 0 Å². The molecule has 0 fully saturated rings. The number of aromatic nitrogens is 4. The maximum atomic E-state index is 8.82. The molecule has 9 nitrogen and oxygen atoms in total. The molecule has 0 aliphatic carbocycles. The van der Waals surface area contributed by atoms with Crippen LogP contribution >= 0.6 is 0 Å². The van der Waals surface area contributed by atoms with Crippen LogP contribution < -0.4 is 16.4 Å². The van der Waals surface area contributed by atoms with E-state index in [-0.39, 0.29) is 19.2 Å². The molecule has 0 saturated heterocycles. The highest BCUT2D eigenvalue weighted by molar-refractivity contribution is 5.95. The first-order valence-electron chi connectivity index (χ1n) is 5.74. The van der Waals surface area contributed by atoms with Crippen molar-refractivity contribution in [3.05, 3.63) is 6.20 Å². The molecule has 0 aliphatic rings. The highest BCUT2D eigenvalue weighted by atomic mass is 16.3. The van der Waals surface area contributed by atoms with Gasteiger partial charge < -0.3 is 26.6 Å². The largest absolute Gasteiger partial charge is 0.395 e. The average molecular weight is 265 g/mol. The molecule has 0 bridgehead atoms. The second-order valence-electron chi connectivity index (χ2n) is 3.69. The summed E-state index contributed by atoms with van der Waals surface area (Å²) >= 11 is 0. The van der Waals surface area contributed by atoms with Gasteiger partial charge in [0.05, 0.1) is 18.6 Å². The lowest BCUT2D eigenvalue weighted by atomic mass is 10.3. The Hall–Kier alpha value is -2.26. The topological polar surface area (TPSA) is 142 Å². The minimum Gasteiger partial charge on any atom is -0.395 e. The number of fused-ring (bicyclic) bond motifs is 1. The standard InChI is InChI=1S/C10H15N7O2/c11-10-14-5-6-7(15-10)9(13-2-4-19)17-16-8(6)12-1-3-18/h5,18-19H,1-4H2,(H,12,16)(H,13,17)(H2,11,14,15). The zero-order chi connectivity index (χ0) is 13.7. The van der Waals surface area contributed by atoms with Gasteiger partial charge in [0.25, 0.3) is 0 Å². The summed E-state index contributed by atoms with van der Waals surface area (Å²) < 4.78 is 0. The van der Waals surface area contributed by atoms with E-state index < -0.39 is 0 Å². The Bertz CT molecular complexity index is 563. The molecular weight excluding hydrogens is 250 g/mol. The Morgan fingerprint density at radius 2 is 1.68 bits per heavy atom. The summed E-state index contributed by atoms with van der Waals surface area (Å²) in [6.45, 7) is 0.618. The van der Waals surface area contributed by atoms with E-state index in [0.29, 0.717) is 35.6 Å². The number of nitrogen functional groups attached to an aromatic ring is 1. The lowest BCUT2D eigenvalue weighted by Gasteiger charge is -2.10. The Labute approximate surface area is 108 Å². The van der Waals surface area contributed by atoms with Crippen LogP contribution in [0.1, 0.15) is 0 Å². The number of hydrogen-bond acceptors (Lipinski definition) is 9. The van der Waals surface area contributed by atoms with Crippen LogP contribution in [-0.4, -0.2) is 56.7 Å². The van der Waals surface area contributed by atoms with Crippen molar-refractivity contribution >= 4 is 28.5 Å². The molecule has 0 radical (unpaired) electrons. The van der Waals surface area contributed by atoms with Gasteiger partial charge in [-0.15, -0.1) is 10.2 Å². The molecule has 6 N–H and O–H groups in total. The van der Waals surface area contributed by atoms with Crippen molar-refractivity contribution in [2.75, 3.05) is 42.7 Å². The second-order valence-corrected chi connectivity index (χ2v) is 3.69. The average Bonchev–Trinajstić information content (AvgIpc) is 2.43. The number of hydrogen-bond donors (Lipinski definition) is 5. The Kier molecular flexibility index (Phi) is 4.21. The molecule has 0 aliphatic heterocycles. The fourth-order valence-corrected chi connectivity index (χ4v) is 1.55. The van der Waals surface area contributed by atoms with Crippen molar-refractivity contribution in [3.8, 4) is 0 Å². The number of nitrogens with one attached hydrogen (secondary N) is 2. The molecule has 0 aromatic carbocycles. The predicted molar refractivity (Wildman–Crippen MR) is 70.7 cm³/mol. The minimum atomic E-state index is -0.0335. The van der Waals surface area contributed by atoms with Crippen LogP contribution in [0.15, 0.2) is 6.20 Å². The number of aliphatic hydroxyl groups is 2. The fraction of sp³-hybridized carbons (Fsp3) is 0.400. The summed E-state index contributed by atoms with van der Waals surface area (Å²) in [5.74, 6) is 1.02. The molecule has 0 spiro atoms. The van der Waals surface area contributed by atoms with Gasteiger partial charge in [-0.2, -0.15) is 0 Å². The third-order valence-corrected chi connectivity index (χ3v) is 2.35. The van der Waals surface area contributed by atoms with Crippen LogP contribution in [0.25, 0.3) is 10.9 Å². The lowest BCUT2D eigenvalue weighted by molar-refractivity contribution is 0.310. The maximum Gasteiger partial charge on any atom is 0.220 e. The van der Waals surface area contributed by atoms with Gasteiger partial charge in [0.1, 0.15) is 5.52 Å². The van der Waals surface area contributed by atoms with Crippen molar-refractivity contribution in [2.45, 2.75) is 0 Å². The van der Waals surface area contributed by atoms with Gasteiger partial charge in [0.2, 0.25) is 5.95 Å². The molecule has 19 heavy (non-hydrogen) atoms. The van der Waals surface area contributed by atoms with E-state index in [4.69, 9.17) is 15.9 Å². The van der Waals surface area contributed by atoms with Crippen molar-refractivity contribution in [2.24, 2.45) is 0 Å². The molecule has 0 saturated carbocycles. The molecule has 102 valence electrons. The van der Waals surface area contributed by atoms with Gasteiger partial charge >= 0.3 is 0 Å². The monoisotopic (exact) mass is 265 g/mol. The third-order valence-electron chi connectivity index (χ3n) is 2.35. The van der Waals surface area contributed by atoms with E-state index in [2.05, 4.69) is 30.8 Å². The van der Waals surface area contributed by atoms with Crippen LogP contribution in [0.2, 0.25) is 0 Å². The maximum absolute atomic E-state index is 8.82. The van der Waals surface area contributed by atoms with Crippen molar-refractivity contribution in [1.29, 1.82) is 0 Å². The Balaban J connectivity index is 2.45. The van der Waals surface area contributed by atoms with Crippen LogP contribution in [0, 0.1) is 0 Å².